The molecule has 0 spiro atoms. The number of nitrogens with two attached hydrogens (primary N) is 1. The van der Waals surface area contributed by atoms with Gasteiger partial charge in [-0.2, -0.15) is 0 Å². The number of halogens is 4. The first-order valence-electron chi connectivity index (χ1n) is 5.76. The molecule has 0 aliphatic rings. The molecule has 0 fully saturated rings. The summed E-state index contributed by atoms with van der Waals surface area (Å²) < 4.78 is 52.7. The van der Waals surface area contributed by atoms with E-state index >= 15 is 0 Å². The molecule has 1 unspecified atom stereocenters. The average Bonchev–Trinajstić information content (AvgIpc) is 2.40. The number of hydrogen-bond acceptors (Lipinski definition) is 2. The van der Waals surface area contributed by atoms with Gasteiger partial charge < -0.3 is 5.73 Å². The lowest BCUT2D eigenvalue weighted by Gasteiger charge is -2.13. The fourth-order valence-electron chi connectivity index (χ4n) is 1.66. The monoisotopic (exact) mass is 301 g/mol. The van der Waals surface area contributed by atoms with Crippen molar-refractivity contribution in [3.05, 3.63) is 65.2 Å². The second kappa shape index (κ2) is 6.28. The number of rotatable bonds is 4. The second-order valence-electron chi connectivity index (χ2n) is 4.16. The van der Waals surface area contributed by atoms with Gasteiger partial charge in [0.05, 0.1) is 0 Å². The molecule has 0 aromatic heterocycles. The van der Waals surface area contributed by atoms with Crippen molar-refractivity contribution in [3.63, 3.8) is 0 Å². The molecule has 20 heavy (non-hydrogen) atoms. The molecule has 0 heterocycles. The third-order valence-corrected chi connectivity index (χ3v) is 3.84. The van der Waals surface area contributed by atoms with E-state index in [1.54, 1.807) is 0 Å². The first-order chi connectivity index (χ1) is 9.47. The maximum Gasteiger partial charge on any atom is 0.139 e. The molecule has 0 radical (unpaired) electrons. The molecule has 0 aliphatic carbocycles. The molecular weight excluding hydrogens is 290 g/mol. The zero-order chi connectivity index (χ0) is 14.7. The molecule has 0 aliphatic heterocycles. The largest absolute Gasteiger partial charge is 0.323 e. The Morgan fingerprint density at radius 3 is 2.25 bits per heavy atom. The Kier molecular flexibility index (Phi) is 4.67. The van der Waals surface area contributed by atoms with Crippen LogP contribution in [0.3, 0.4) is 0 Å². The van der Waals surface area contributed by atoms with Crippen LogP contribution < -0.4 is 5.73 Å². The van der Waals surface area contributed by atoms with Crippen LogP contribution in [0.15, 0.2) is 41.3 Å². The minimum Gasteiger partial charge on any atom is -0.323 e. The van der Waals surface area contributed by atoms with Gasteiger partial charge in [-0.1, -0.05) is 0 Å². The molecule has 6 heteroatoms. The molecule has 2 aromatic carbocycles. The van der Waals surface area contributed by atoms with Crippen molar-refractivity contribution in [1.29, 1.82) is 0 Å². The van der Waals surface area contributed by atoms with Crippen molar-refractivity contribution in [2.75, 3.05) is 5.75 Å². The van der Waals surface area contributed by atoms with Crippen molar-refractivity contribution in [1.82, 2.24) is 0 Å². The van der Waals surface area contributed by atoms with Gasteiger partial charge in [0.2, 0.25) is 0 Å². The Morgan fingerprint density at radius 1 is 0.900 bits per heavy atom. The van der Waals surface area contributed by atoms with Gasteiger partial charge in [-0.05, 0) is 30.3 Å². The topological polar surface area (TPSA) is 26.0 Å². The lowest BCUT2D eigenvalue weighted by molar-refractivity contribution is 0.564. The summed E-state index contributed by atoms with van der Waals surface area (Å²) in [5.41, 5.74) is 5.80. The predicted molar refractivity (Wildman–Crippen MR) is 70.4 cm³/mol. The first kappa shape index (κ1) is 14.9. The Bertz CT molecular complexity index is 618. The highest BCUT2D eigenvalue weighted by molar-refractivity contribution is 7.99. The van der Waals surface area contributed by atoms with Crippen LogP contribution in [-0.4, -0.2) is 5.75 Å². The van der Waals surface area contributed by atoms with Crippen LogP contribution >= 0.6 is 11.8 Å². The minimum absolute atomic E-state index is 0.0278. The van der Waals surface area contributed by atoms with Gasteiger partial charge in [-0.3, -0.25) is 0 Å². The van der Waals surface area contributed by atoms with Crippen LogP contribution in [-0.2, 0) is 0 Å². The highest BCUT2D eigenvalue weighted by Crippen LogP contribution is 2.27. The normalized spacial score (nSPS) is 12.4. The predicted octanol–water partition coefficient (Wildman–Crippen LogP) is 4.04. The quantitative estimate of drug-likeness (QED) is 0.681. The number of thioether (sulfide) groups is 1. The van der Waals surface area contributed by atoms with E-state index in [0.717, 1.165) is 42.1 Å². The molecule has 106 valence electrons. The van der Waals surface area contributed by atoms with Crippen LogP contribution in [0.4, 0.5) is 17.6 Å². The van der Waals surface area contributed by atoms with Gasteiger partial charge in [0.15, 0.2) is 0 Å². The zero-order valence-corrected chi connectivity index (χ0v) is 11.1. The Morgan fingerprint density at radius 2 is 1.55 bits per heavy atom. The molecule has 2 aromatic rings. The molecule has 1 nitrogen and oxygen atoms in total. The van der Waals surface area contributed by atoms with E-state index in [2.05, 4.69) is 0 Å². The number of hydrogen-bond donors (Lipinski definition) is 1. The lowest BCUT2D eigenvalue weighted by atomic mass is 10.1. The summed E-state index contributed by atoms with van der Waals surface area (Å²) in [5.74, 6) is -2.44. The maximum atomic E-state index is 13.5. The molecule has 2 rings (SSSR count). The summed E-state index contributed by atoms with van der Waals surface area (Å²) in [4.78, 5) is 0.207. The summed E-state index contributed by atoms with van der Waals surface area (Å²) in [6.45, 7) is 0. The van der Waals surface area contributed by atoms with Gasteiger partial charge in [-0.15, -0.1) is 11.8 Å². The lowest BCUT2D eigenvalue weighted by Crippen LogP contribution is -2.15. The van der Waals surface area contributed by atoms with E-state index in [9.17, 15) is 17.6 Å². The van der Waals surface area contributed by atoms with Gasteiger partial charge in [-0.25, -0.2) is 17.6 Å². The van der Waals surface area contributed by atoms with E-state index in [1.165, 1.54) is 6.07 Å². The molecule has 1 atom stereocenters. The van der Waals surface area contributed by atoms with E-state index in [4.69, 9.17) is 5.73 Å². The third-order valence-electron chi connectivity index (χ3n) is 2.67. The van der Waals surface area contributed by atoms with Crippen molar-refractivity contribution >= 4 is 11.8 Å². The summed E-state index contributed by atoms with van der Waals surface area (Å²) in [5, 5.41) is 0. The Hall–Kier alpha value is -1.53. The highest BCUT2D eigenvalue weighted by Gasteiger charge is 2.14. The van der Waals surface area contributed by atoms with Crippen molar-refractivity contribution in [2.45, 2.75) is 10.9 Å². The van der Waals surface area contributed by atoms with E-state index in [1.807, 2.05) is 0 Å². The van der Waals surface area contributed by atoms with Gasteiger partial charge in [0.25, 0.3) is 0 Å². The van der Waals surface area contributed by atoms with E-state index in [0.29, 0.717) is 0 Å². The van der Waals surface area contributed by atoms with Gasteiger partial charge in [0.1, 0.15) is 23.3 Å². The van der Waals surface area contributed by atoms with Crippen LogP contribution in [0.5, 0.6) is 0 Å². The van der Waals surface area contributed by atoms with E-state index < -0.39 is 29.3 Å². The maximum absolute atomic E-state index is 13.5. The van der Waals surface area contributed by atoms with Gasteiger partial charge >= 0.3 is 0 Å². The summed E-state index contributed by atoms with van der Waals surface area (Å²) in [6, 6.07) is 5.38. The van der Waals surface area contributed by atoms with Crippen molar-refractivity contribution in [3.8, 4) is 0 Å². The van der Waals surface area contributed by atoms with Crippen LogP contribution in [0.2, 0.25) is 0 Å². The summed E-state index contributed by atoms with van der Waals surface area (Å²) in [6.07, 6.45) is 0. The van der Waals surface area contributed by atoms with Crippen molar-refractivity contribution < 1.29 is 17.6 Å². The van der Waals surface area contributed by atoms with Crippen LogP contribution in [0.25, 0.3) is 0 Å². The minimum atomic E-state index is -0.792. The van der Waals surface area contributed by atoms with Gasteiger partial charge in [0, 0.05) is 28.3 Å². The standard InChI is InChI=1S/C14H11F4NS/c15-8-1-3-11(17)10(5-8)13(19)7-20-14-4-2-9(16)6-12(14)18/h1-6,13H,7,19H2. The molecule has 0 amide bonds. The molecule has 0 saturated heterocycles. The third kappa shape index (κ3) is 3.52. The molecular formula is C14H11F4NS. The molecule has 2 N–H and O–H groups in total. The van der Waals surface area contributed by atoms with Crippen LogP contribution in [0.1, 0.15) is 11.6 Å². The number of benzene rings is 2. The Labute approximate surface area is 117 Å². The summed E-state index contributed by atoms with van der Waals surface area (Å²) in [7, 11) is 0. The van der Waals surface area contributed by atoms with Crippen LogP contribution in [0, 0.1) is 23.3 Å². The second-order valence-corrected chi connectivity index (χ2v) is 5.22. The highest BCUT2D eigenvalue weighted by atomic mass is 32.2. The zero-order valence-electron chi connectivity index (χ0n) is 10.2. The summed E-state index contributed by atoms with van der Waals surface area (Å²) >= 11 is 1.02. The first-order valence-corrected chi connectivity index (χ1v) is 6.74. The van der Waals surface area contributed by atoms with Crippen molar-refractivity contribution in [2.24, 2.45) is 5.73 Å². The molecule has 0 bridgehead atoms. The Balaban J connectivity index is 2.08. The molecule has 0 saturated carbocycles. The smallest absolute Gasteiger partial charge is 0.139 e. The fraction of sp³-hybridized carbons (Fsp3) is 0.143. The average molecular weight is 301 g/mol. The van der Waals surface area contributed by atoms with E-state index in [-0.39, 0.29) is 16.2 Å². The fourth-order valence-corrected chi connectivity index (χ4v) is 2.56. The SMILES string of the molecule is NC(CSc1ccc(F)cc1F)c1cc(F)ccc1F.